The largest absolute Gasteiger partial charge is 0.293 e. The van der Waals surface area contributed by atoms with E-state index in [1.807, 2.05) is 73.0 Å². The van der Waals surface area contributed by atoms with Gasteiger partial charge in [0.05, 0.1) is 5.25 Å². The summed E-state index contributed by atoms with van der Waals surface area (Å²) in [4.78, 5) is 17.4. The van der Waals surface area contributed by atoms with E-state index in [1.165, 1.54) is 11.8 Å². The molecule has 0 N–H and O–H groups in total. The van der Waals surface area contributed by atoms with Crippen LogP contribution >= 0.6 is 23.1 Å². The summed E-state index contributed by atoms with van der Waals surface area (Å²) in [6.45, 7) is 1.97. The maximum absolute atomic E-state index is 12.9. The summed E-state index contributed by atoms with van der Waals surface area (Å²) in [6, 6.07) is 19.3. The molecule has 0 aliphatic rings. The van der Waals surface area contributed by atoms with Crippen molar-refractivity contribution in [3.63, 3.8) is 0 Å². The van der Waals surface area contributed by atoms with Crippen molar-refractivity contribution in [1.29, 1.82) is 0 Å². The summed E-state index contributed by atoms with van der Waals surface area (Å²) < 4.78 is 0.927. The number of aromatic nitrogens is 1. The topological polar surface area (TPSA) is 30.0 Å². The van der Waals surface area contributed by atoms with Crippen molar-refractivity contribution in [2.24, 2.45) is 0 Å². The maximum atomic E-state index is 12.9. The molecule has 1 heterocycles. The Labute approximate surface area is 138 Å². The Morgan fingerprint density at radius 2 is 1.68 bits per heavy atom. The minimum Gasteiger partial charge on any atom is -0.293 e. The minimum absolute atomic E-state index is 0.115. The summed E-state index contributed by atoms with van der Waals surface area (Å²) in [5, 5.41) is 1.74. The molecule has 2 nitrogen and oxygen atoms in total. The molecule has 3 rings (SSSR count). The average molecular weight is 325 g/mol. The van der Waals surface area contributed by atoms with Crippen LogP contribution in [0.25, 0.3) is 0 Å². The molecule has 0 fully saturated rings. The Bertz CT molecular complexity index is 753. The van der Waals surface area contributed by atoms with E-state index >= 15 is 0 Å². The van der Waals surface area contributed by atoms with Crippen molar-refractivity contribution in [2.75, 3.05) is 0 Å². The highest BCUT2D eigenvalue weighted by atomic mass is 32.2. The van der Waals surface area contributed by atoms with Gasteiger partial charge >= 0.3 is 0 Å². The van der Waals surface area contributed by atoms with E-state index in [0.717, 1.165) is 21.2 Å². The summed E-state index contributed by atoms with van der Waals surface area (Å²) in [5.41, 5.74) is 2.73. The third-order valence-electron chi connectivity index (χ3n) is 3.22. The maximum Gasteiger partial charge on any atom is 0.180 e. The molecule has 0 saturated carbocycles. The fourth-order valence-corrected chi connectivity index (χ4v) is 4.25. The molecule has 0 unspecified atom stereocenters. The lowest BCUT2D eigenvalue weighted by molar-refractivity contribution is 0.0989. The lowest BCUT2D eigenvalue weighted by Gasteiger charge is -2.14. The van der Waals surface area contributed by atoms with Crippen molar-refractivity contribution in [3.8, 4) is 0 Å². The van der Waals surface area contributed by atoms with Crippen LogP contribution in [0, 0.1) is 6.92 Å². The van der Waals surface area contributed by atoms with E-state index in [4.69, 9.17) is 0 Å². The highest BCUT2D eigenvalue weighted by Crippen LogP contribution is 2.39. The molecule has 2 aromatic carbocycles. The van der Waals surface area contributed by atoms with E-state index in [2.05, 4.69) is 4.98 Å². The lowest BCUT2D eigenvalue weighted by atomic mass is 10.0. The predicted octanol–water partition coefficient (Wildman–Crippen LogP) is 5.17. The van der Waals surface area contributed by atoms with Gasteiger partial charge in [-0.3, -0.25) is 4.79 Å². The third-order valence-corrected chi connectivity index (χ3v) is 5.56. The molecule has 1 aromatic heterocycles. The number of thioether (sulfide) groups is 1. The van der Waals surface area contributed by atoms with Gasteiger partial charge in [0.1, 0.15) is 0 Å². The highest BCUT2D eigenvalue weighted by Gasteiger charge is 2.24. The Morgan fingerprint density at radius 3 is 2.27 bits per heavy atom. The Balaban J connectivity index is 1.94. The Hall–Kier alpha value is -1.91. The van der Waals surface area contributed by atoms with Gasteiger partial charge in [0.2, 0.25) is 0 Å². The van der Waals surface area contributed by atoms with E-state index in [-0.39, 0.29) is 11.0 Å². The molecule has 4 heteroatoms. The molecule has 0 aliphatic heterocycles. The number of Topliss-reactive ketones (excluding diaryl/α,β-unsaturated/α-hetero) is 1. The van der Waals surface area contributed by atoms with Gasteiger partial charge in [-0.25, -0.2) is 4.98 Å². The van der Waals surface area contributed by atoms with E-state index in [1.54, 1.807) is 11.3 Å². The standard InChI is InChI=1S/C18H15NOS2/c1-13-12-21-18(19-13)22-17(15-10-6-3-7-11-15)16(20)14-8-4-2-5-9-14/h2-12,17H,1H3/t17-/m0/s1. The second-order valence-electron chi connectivity index (χ2n) is 4.89. The molecule has 0 aliphatic carbocycles. The lowest BCUT2D eigenvalue weighted by Crippen LogP contribution is -2.09. The summed E-state index contributed by atoms with van der Waals surface area (Å²) in [6.07, 6.45) is 0. The van der Waals surface area contributed by atoms with Crippen molar-refractivity contribution in [2.45, 2.75) is 16.5 Å². The molecule has 22 heavy (non-hydrogen) atoms. The first-order chi connectivity index (χ1) is 10.7. The monoisotopic (exact) mass is 325 g/mol. The van der Waals surface area contributed by atoms with Crippen LogP contribution in [0.5, 0.6) is 0 Å². The van der Waals surface area contributed by atoms with Crippen LogP contribution in [0.3, 0.4) is 0 Å². The van der Waals surface area contributed by atoms with Crippen LogP contribution in [0.4, 0.5) is 0 Å². The molecule has 1 atom stereocenters. The Morgan fingerprint density at radius 1 is 1.05 bits per heavy atom. The molecule has 0 bridgehead atoms. The van der Waals surface area contributed by atoms with Gasteiger partial charge in [0.15, 0.2) is 10.1 Å². The number of nitrogens with zero attached hydrogens (tertiary/aromatic N) is 1. The highest BCUT2D eigenvalue weighted by molar-refractivity contribution is 8.01. The van der Waals surface area contributed by atoms with Crippen LogP contribution < -0.4 is 0 Å². The third kappa shape index (κ3) is 3.46. The number of aryl methyl sites for hydroxylation is 1. The summed E-state index contributed by atoms with van der Waals surface area (Å²) in [7, 11) is 0. The van der Waals surface area contributed by atoms with Gasteiger partial charge in [-0.05, 0) is 12.5 Å². The normalized spacial score (nSPS) is 12.0. The minimum atomic E-state index is -0.269. The van der Waals surface area contributed by atoms with Crippen LogP contribution in [0.15, 0.2) is 70.4 Å². The van der Waals surface area contributed by atoms with Gasteiger partial charge in [0.25, 0.3) is 0 Å². The number of carbonyl (C=O) groups excluding carboxylic acids is 1. The number of hydrogen-bond acceptors (Lipinski definition) is 4. The van der Waals surface area contributed by atoms with Gasteiger partial charge < -0.3 is 0 Å². The van der Waals surface area contributed by atoms with Crippen molar-refractivity contribution < 1.29 is 4.79 Å². The molecule has 0 spiro atoms. The molecule has 0 saturated heterocycles. The first kappa shape index (κ1) is 15.0. The second-order valence-corrected chi connectivity index (χ2v) is 7.10. The smallest absolute Gasteiger partial charge is 0.180 e. The fraction of sp³-hybridized carbons (Fsp3) is 0.111. The number of thiazole rings is 1. The number of benzene rings is 2. The van der Waals surface area contributed by atoms with Gasteiger partial charge in [-0.2, -0.15) is 0 Å². The van der Waals surface area contributed by atoms with Crippen molar-refractivity contribution >= 4 is 28.9 Å². The van der Waals surface area contributed by atoms with Crippen LogP contribution in [-0.2, 0) is 0 Å². The zero-order valence-electron chi connectivity index (χ0n) is 12.1. The van der Waals surface area contributed by atoms with Crippen LogP contribution in [0.1, 0.15) is 26.9 Å². The fourth-order valence-electron chi connectivity index (χ4n) is 2.14. The van der Waals surface area contributed by atoms with Crippen LogP contribution in [-0.4, -0.2) is 10.8 Å². The predicted molar refractivity (Wildman–Crippen MR) is 92.7 cm³/mol. The van der Waals surface area contributed by atoms with Gasteiger partial charge in [-0.1, -0.05) is 72.4 Å². The average Bonchev–Trinajstić information content (AvgIpc) is 2.99. The number of hydrogen-bond donors (Lipinski definition) is 0. The SMILES string of the molecule is Cc1csc(S[C@H](C(=O)c2ccccc2)c2ccccc2)n1. The van der Waals surface area contributed by atoms with E-state index < -0.39 is 0 Å². The van der Waals surface area contributed by atoms with E-state index in [0.29, 0.717) is 0 Å². The summed E-state index contributed by atoms with van der Waals surface area (Å²) >= 11 is 3.11. The Kier molecular flexibility index (Phi) is 4.71. The zero-order valence-corrected chi connectivity index (χ0v) is 13.7. The molecule has 0 radical (unpaired) electrons. The molecular formula is C18H15NOS2. The van der Waals surface area contributed by atoms with Crippen LogP contribution in [0.2, 0.25) is 0 Å². The summed E-state index contributed by atoms with van der Waals surface area (Å²) in [5.74, 6) is 0.115. The van der Waals surface area contributed by atoms with Crippen molar-refractivity contribution in [3.05, 3.63) is 82.9 Å². The van der Waals surface area contributed by atoms with Crippen molar-refractivity contribution in [1.82, 2.24) is 4.98 Å². The number of ketones is 1. The molecule has 110 valence electrons. The van der Waals surface area contributed by atoms with Gasteiger partial charge in [-0.15, -0.1) is 11.3 Å². The van der Waals surface area contributed by atoms with Gasteiger partial charge in [0, 0.05) is 16.6 Å². The number of carbonyl (C=O) groups is 1. The zero-order chi connectivity index (χ0) is 15.4. The van der Waals surface area contributed by atoms with E-state index in [9.17, 15) is 4.79 Å². The molecule has 0 amide bonds. The quantitative estimate of drug-likeness (QED) is 0.479. The first-order valence-corrected chi connectivity index (χ1v) is 8.73. The molecule has 3 aromatic rings. The first-order valence-electron chi connectivity index (χ1n) is 6.97. The molecular weight excluding hydrogens is 310 g/mol. The number of rotatable bonds is 5. The second kappa shape index (κ2) is 6.90.